The smallest absolute Gasteiger partial charge is 0.272 e. The van der Waals surface area contributed by atoms with Crippen molar-refractivity contribution in [2.45, 2.75) is 13.3 Å². The summed E-state index contributed by atoms with van der Waals surface area (Å²) in [6, 6.07) is 16.4. The van der Waals surface area contributed by atoms with Gasteiger partial charge in [0.2, 0.25) is 0 Å². The van der Waals surface area contributed by atoms with E-state index in [1.165, 1.54) is 10.6 Å². The lowest BCUT2D eigenvalue weighted by Gasteiger charge is -2.05. The molecule has 0 unspecified atom stereocenters. The molecule has 3 heterocycles. The average molecular weight is 413 g/mol. The second-order valence-electron chi connectivity index (χ2n) is 7.31. The second kappa shape index (κ2) is 7.24. The summed E-state index contributed by atoms with van der Waals surface area (Å²) < 4.78 is 6.66. The lowest BCUT2D eigenvalue weighted by Crippen LogP contribution is -2.17. The fourth-order valence-corrected chi connectivity index (χ4v) is 3.80. The molecule has 0 saturated heterocycles. The van der Waals surface area contributed by atoms with Gasteiger partial charge in [0.25, 0.3) is 11.1 Å². The number of aromatic amines is 2. The number of hydrogen-bond acceptors (Lipinski definition) is 5. The third-order valence-corrected chi connectivity index (χ3v) is 5.41. The highest BCUT2D eigenvalue weighted by Crippen LogP contribution is 2.26. The summed E-state index contributed by atoms with van der Waals surface area (Å²) in [5.41, 5.74) is 3.96. The highest BCUT2D eigenvalue weighted by Gasteiger charge is 2.15. The maximum Gasteiger partial charge on any atom is 0.272 e. The molecule has 2 N–H and O–H groups in total. The molecule has 0 fully saturated rings. The topological polar surface area (TPSA) is 105 Å². The van der Waals surface area contributed by atoms with Gasteiger partial charge in [-0.05, 0) is 37.3 Å². The van der Waals surface area contributed by atoms with Crippen molar-refractivity contribution >= 4 is 16.4 Å². The van der Waals surface area contributed by atoms with E-state index in [0.29, 0.717) is 28.8 Å². The van der Waals surface area contributed by atoms with Gasteiger partial charge in [0.05, 0.1) is 29.6 Å². The minimum atomic E-state index is -0.242. The average Bonchev–Trinajstić information content (AvgIpc) is 3.13. The molecule has 0 aliphatic rings. The van der Waals surface area contributed by atoms with E-state index in [4.69, 9.17) is 9.72 Å². The number of hydrogen-bond donors (Lipinski definition) is 2. The van der Waals surface area contributed by atoms with Crippen LogP contribution >= 0.6 is 0 Å². The zero-order chi connectivity index (χ0) is 21.5. The lowest BCUT2D eigenvalue weighted by molar-refractivity contribution is 0.415. The normalized spacial score (nSPS) is 11.3. The Morgan fingerprint density at radius 1 is 1.03 bits per heavy atom. The van der Waals surface area contributed by atoms with Crippen molar-refractivity contribution in [3.05, 3.63) is 92.3 Å². The van der Waals surface area contributed by atoms with Crippen molar-refractivity contribution in [2.24, 2.45) is 0 Å². The van der Waals surface area contributed by atoms with E-state index in [1.54, 1.807) is 13.2 Å². The molecule has 5 aromatic rings. The first kappa shape index (κ1) is 18.8. The summed E-state index contributed by atoms with van der Waals surface area (Å²) >= 11 is 0. The van der Waals surface area contributed by atoms with E-state index in [2.05, 4.69) is 15.3 Å². The van der Waals surface area contributed by atoms with Gasteiger partial charge in [0.1, 0.15) is 5.75 Å². The fourth-order valence-electron chi connectivity index (χ4n) is 3.80. The zero-order valence-electron chi connectivity index (χ0n) is 17.0. The Hall–Kier alpha value is -4.20. The van der Waals surface area contributed by atoms with Gasteiger partial charge in [-0.3, -0.25) is 14.7 Å². The molecule has 2 aromatic carbocycles. The number of rotatable bonds is 4. The van der Waals surface area contributed by atoms with E-state index in [1.807, 2.05) is 49.4 Å². The summed E-state index contributed by atoms with van der Waals surface area (Å²) in [6.07, 6.45) is 0.325. The number of fused-ring (bicyclic) bond motifs is 2. The summed E-state index contributed by atoms with van der Waals surface area (Å²) in [6.45, 7) is 1.93. The largest absolute Gasteiger partial charge is 0.497 e. The van der Waals surface area contributed by atoms with Gasteiger partial charge in [-0.15, -0.1) is 0 Å². The van der Waals surface area contributed by atoms with Crippen LogP contribution in [0.15, 0.2) is 64.2 Å². The minimum absolute atomic E-state index is 0.211. The Morgan fingerprint density at radius 2 is 1.77 bits per heavy atom. The molecule has 0 saturated carbocycles. The molecule has 154 valence electrons. The first-order valence-corrected chi connectivity index (χ1v) is 9.77. The van der Waals surface area contributed by atoms with Crippen molar-refractivity contribution in [3.8, 4) is 17.0 Å². The molecule has 0 amide bonds. The first-order chi connectivity index (χ1) is 15.0. The van der Waals surface area contributed by atoms with Crippen LogP contribution in [-0.4, -0.2) is 31.9 Å². The molecule has 0 aliphatic heterocycles. The van der Waals surface area contributed by atoms with Crippen LogP contribution in [0.4, 0.5) is 0 Å². The molecule has 3 aromatic heterocycles. The Balaban J connectivity index is 1.60. The van der Waals surface area contributed by atoms with Crippen LogP contribution in [0.3, 0.4) is 0 Å². The van der Waals surface area contributed by atoms with Crippen LogP contribution in [0.2, 0.25) is 0 Å². The van der Waals surface area contributed by atoms with Crippen molar-refractivity contribution in [1.29, 1.82) is 0 Å². The van der Waals surface area contributed by atoms with Gasteiger partial charge in [0, 0.05) is 29.0 Å². The summed E-state index contributed by atoms with van der Waals surface area (Å²) in [7, 11) is 1.62. The molecular weight excluding hydrogens is 394 g/mol. The number of H-pyrrole nitrogens is 2. The zero-order valence-corrected chi connectivity index (χ0v) is 17.0. The van der Waals surface area contributed by atoms with Crippen LogP contribution in [0.5, 0.6) is 5.75 Å². The van der Waals surface area contributed by atoms with E-state index in [0.717, 1.165) is 28.0 Å². The predicted octanol–water partition coefficient (Wildman–Crippen LogP) is 2.83. The fraction of sp³-hybridized carbons (Fsp3) is 0.130. The van der Waals surface area contributed by atoms with Crippen molar-refractivity contribution in [3.63, 3.8) is 0 Å². The van der Waals surface area contributed by atoms with Crippen molar-refractivity contribution in [1.82, 2.24) is 24.8 Å². The molecule has 0 radical (unpaired) electrons. The quantitative estimate of drug-likeness (QED) is 0.471. The molecule has 0 aliphatic carbocycles. The summed E-state index contributed by atoms with van der Waals surface area (Å²) in [4.78, 5) is 29.5. The molecule has 31 heavy (non-hydrogen) atoms. The predicted molar refractivity (Wildman–Crippen MR) is 118 cm³/mol. The molecular formula is C23H19N5O3. The second-order valence-corrected chi connectivity index (χ2v) is 7.31. The number of nitrogens with one attached hydrogen (secondary N) is 2. The van der Waals surface area contributed by atoms with Gasteiger partial charge < -0.3 is 4.74 Å². The minimum Gasteiger partial charge on any atom is -0.497 e. The van der Waals surface area contributed by atoms with Crippen LogP contribution < -0.4 is 15.9 Å². The highest BCUT2D eigenvalue weighted by atomic mass is 16.5. The monoisotopic (exact) mass is 413 g/mol. The number of aromatic nitrogens is 5. The Bertz CT molecular complexity index is 1540. The van der Waals surface area contributed by atoms with Crippen LogP contribution in [-0.2, 0) is 6.42 Å². The number of nitrogens with zero attached hydrogens (tertiary/aromatic N) is 3. The van der Waals surface area contributed by atoms with E-state index < -0.39 is 0 Å². The Kier molecular flexibility index (Phi) is 4.39. The molecule has 8 nitrogen and oxygen atoms in total. The molecule has 8 heteroatoms. The Morgan fingerprint density at radius 3 is 2.52 bits per heavy atom. The highest BCUT2D eigenvalue weighted by molar-refractivity contribution is 5.83. The van der Waals surface area contributed by atoms with Crippen LogP contribution in [0.1, 0.15) is 17.0 Å². The van der Waals surface area contributed by atoms with Gasteiger partial charge in [-0.1, -0.05) is 18.2 Å². The van der Waals surface area contributed by atoms with Crippen molar-refractivity contribution in [2.75, 3.05) is 7.11 Å². The first-order valence-electron chi connectivity index (χ1n) is 9.77. The Labute approximate surface area is 176 Å². The van der Waals surface area contributed by atoms with E-state index in [9.17, 15) is 9.59 Å². The number of aryl methyl sites for hydroxylation is 1. The summed E-state index contributed by atoms with van der Waals surface area (Å²) in [5, 5.41) is 11.2. The van der Waals surface area contributed by atoms with Gasteiger partial charge in [-0.25, -0.2) is 14.6 Å². The van der Waals surface area contributed by atoms with Crippen LogP contribution in [0, 0.1) is 6.92 Å². The maximum absolute atomic E-state index is 12.8. The number of methoxy groups -OCH3 is 1. The number of benzene rings is 2. The van der Waals surface area contributed by atoms with Gasteiger partial charge >= 0.3 is 0 Å². The van der Waals surface area contributed by atoms with Crippen molar-refractivity contribution < 1.29 is 4.74 Å². The SMILES string of the molecule is COc1ccc(-c2[nH]n3c(=O)cc(Cc4n[nH]c(=O)c5ccccc45)nc3c2C)cc1. The molecule has 5 rings (SSSR count). The van der Waals surface area contributed by atoms with E-state index >= 15 is 0 Å². The standard InChI is InChI=1S/C23H19N5O3/c1-13-21(14-7-9-16(31-2)10-8-14)27-28-20(29)12-15(24-22(13)28)11-19-17-5-3-4-6-18(17)23(30)26-25-19/h3-10,12,27H,11H2,1-2H3,(H,26,30). The third kappa shape index (κ3) is 3.18. The summed E-state index contributed by atoms with van der Waals surface area (Å²) in [5.74, 6) is 0.760. The lowest BCUT2D eigenvalue weighted by atomic mass is 10.1. The molecule has 0 spiro atoms. The molecule has 0 atom stereocenters. The van der Waals surface area contributed by atoms with E-state index in [-0.39, 0.29) is 11.1 Å². The van der Waals surface area contributed by atoms with Crippen LogP contribution in [0.25, 0.3) is 27.7 Å². The maximum atomic E-state index is 12.8. The third-order valence-electron chi connectivity index (χ3n) is 5.41. The number of ether oxygens (including phenoxy) is 1. The van der Waals surface area contributed by atoms with Gasteiger partial charge in [-0.2, -0.15) is 5.10 Å². The molecule has 0 bridgehead atoms. The van der Waals surface area contributed by atoms with Gasteiger partial charge in [0.15, 0.2) is 5.65 Å².